The Bertz CT molecular complexity index is 686. The van der Waals surface area contributed by atoms with Crippen molar-refractivity contribution in [2.24, 2.45) is 0 Å². The van der Waals surface area contributed by atoms with Crippen molar-refractivity contribution in [3.63, 3.8) is 0 Å². The van der Waals surface area contributed by atoms with Gasteiger partial charge < -0.3 is 5.32 Å². The number of carbonyl (C=O) groups excluding carboxylic acids is 1. The van der Waals surface area contributed by atoms with Crippen molar-refractivity contribution in [2.45, 2.75) is 13.0 Å². The zero-order valence-electron chi connectivity index (χ0n) is 11.3. The molecule has 0 radical (unpaired) electrons. The van der Waals surface area contributed by atoms with Gasteiger partial charge in [0.2, 0.25) is 0 Å². The van der Waals surface area contributed by atoms with Gasteiger partial charge in [-0.25, -0.2) is 9.31 Å². The van der Waals surface area contributed by atoms with Crippen molar-refractivity contribution in [2.75, 3.05) is 11.9 Å². The van der Waals surface area contributed by atoms with Crippen LogP contribution in [0, 0.1) is 0 Å². The highest BCUT2D eigenvalue weighted by Gasteiger charge is 2.06. The summed E-state index contributed by atoms with van der Waals surface area (Å²) in [5, 5.41) is 13.6. The molecule has 3 heterocycles. The molecule has 8 nitrogen and oxygen atoms in total. The van der Waals surface area contributed by atoms with Crippen molar-refractivity contribution < 1.29 is 4.79 Å². The second-order valence-corrected chi connectivity index (χ2v) is 4.44. The Morgan fingerprint density at radius 1 is 1.24 bits per heavy atom. The minimum Gasteiger partial charge on any atom is -0.338 e. The van der Waals surface area contributed by atoms with E-state index in [-0.39, 0.29) is 12.0 Å². The molecule has 21 heavy (non-hydrogen) atoms. The molecule has 0 aliphatic heterocycles. The van der Waals surface area contributed by atoms with Gasteiger partial charge in [0, 0.05) is 31.7 Å². The molecule has 3 aromatic rings. The Balaban J connectivity index is 1.45. The van der Waals surface area contributed by atoms with E-state index < -0.39 is 0 Å². The maximum Gasteiger partial charge on any atom is 0.321 e. The molecule has 0 aromatic carbocycles. The van der Waals surface area contributed by atoms with Gasteiger partial charge in [-0.3, -0.25) is 10.00 Å². The third-order valence-corrected chi connectivity index (χ3v) is 2.88. The molecular weight excluding hydrogens is 270 g/mol. The van der Waals surface area contributed by atoms with Crippen molar-refractivity contribution in [3.05, 3.63) is 42.9 Å². The number of rotatable bonds is 5. The number of hydrogen-bond donors (Lipinski definition) is 2. The van der Waals surface area contributed by atoms with E-state index in [1.54, 1.807) is 16.9 Å². The van der Waals surface area contributed by atoms with Crippen LogP contribution in [0.1, 0.15) is 6.42 Å². The second-order valence-electron chi connectivity index (χ2n) is 4.44. The molecule has 0 saturated carbocycles. The smallest absolute Gasteiger partial charge is 0.321 e. The molecule has 0 spiro atoms. The quantitative estimate of drug-likeness (QED) is 0.688. The summed E-state index contributed by atoms with van der Waals surface area (Å²) in [6.07, 6.45) is 6.19. The van der Waals surface area contributed by atoms with Crippen LogP contribution in [0.25, 0.3) is 5.65 Å². The Labute approximate surface area is 120 Å². The van der Waals surface area contributed by atoms with Gasteiger partial charge in [-0.05, 0) is 24.6 Å². The number of fused-ring (bicyclic) bond motifs is 1. The summed E-state index contributed by atoms with van der Waals surface area (Å²) in [5.74, 6) is 0.283. The third kappa shape index (κ3) is 3.35. The van der Waals surface area contributed by atoms with Crippen LogP contribution < -0.4 is 10.6 Å². The number of anilines is 1. The monoisotopic (exact) mass is 285 g/mol. The average molecular weight is 285 g/mol. The van der Waals surface area contributed by atoms with Crippen LogP contribution in [0.2, 0.25) is 0 Å². The van der Waals surface area contributed by atoms with Crippen LogP contribution in [0.4, 0.5) is 10.7 Å². The molecule has 0 unspecified atom stereocenters. The lowest BCUT2D eigenvalue weighted by molar-refractivity contribution is 0.251. The zero-order chi connectivity index (χ0) is 14.5. The fourth-order valence-corrected chi connectivity index (χ4v) is 1.91. The number of urea groups is 1. The van der Waals surface area contributed by atoms with E-state index in [1.807, 2.05) is 35.1 Å². The highest BCUT2D eigenvalue weighted by molar-refractivity contribution is 5.87. The Morgan fingerprint density at radius 3 is 3.00 bits per heavy atom. The van der Waals surface area contributed by atoms with Crippen molar-refractivity contribution >= 4 is 17.6 Å². The van der Waals surface area contributed by atoms with E-state index in [2.05, 4.69) is 25.8 Å². The summed E-state index contributed by atoms with van der Waals surface area (Å²) in [5.41, 5.74) is 0.687. The van der Waals surface area contributed by atoms with Gasteiger partial charge in [0.05, 0.1) is 0 Å². The van der Waals surface area contributed by atoms with Gasteiger partial charge in [0.25, 0.3) is 5.95 Å². The van der Waals surface area contributed by atoms with Gasteiger partial charge in [-0.2, -0.15) is 10.1 Å². The largest absolute Gasteiger partial charge is 0.338 e. The first-order valence-corrected chi connectivity index (χ1v) is 6.65. The standard InChI is InChI=1S/C13H15N7O/c21-13(14-6-3-8-19-9-4-7-15-19)17-12-16-11-5-1-2-10-20(11)18-12/h1-2,4-5,7,9-10H,3,6,8H2,(H2,14,17,18,21). The molecule has 2 amide bonds. The molecule has 0 aliphatic carbocycles. The second kappa shape index (κ2) is 6.04. The molecule has 0 saturated heterocycles. The highest BCUT2D eigenvalue weighted by atomic mass is 16.2. The Kier molecular flexibility index (Phi) is 3.77. The first kappa shape index (κ1) is 13.1. The predicted molar refractivity (Wildman–Crippen MR) is 76.9 cm³/mol. The number of amides is 2. The molecule has 0 fully saturated rings. The van der Waals surface area contributed by atoms with Crippen LogP contribution in [-0.4, -0.2) is 37.0 Å². The lowest BCUT2D eigenvalue weighted by Gasteiger charge is -2.05. The van der Waals surface area contributed by atoms with Crippen LogP contribution in [0.15, 0.2) is 42.9 Å². The van der Waals surface area contributed by atoms with E-state index in [0.29, 0.717) is 12.2 Å². The summed E-state index contributed by atoms with van der Waals surface area (Å²) in [6, 6.07) is 7.09. The molecule has 0 atom stereocenters. The van der Waals surface area contributed by atoms with E-state index in [1.165, 1.54) is 0 Å². The number of nitrogens with zero attached hydrogens (tertiary/aromatic N) is 5. The molecule has 3 aromatic heterocycles. The fraction of sp³-hybridized carbons (Fsp3) is 0.231. The first-order valence-electron chi connectivity index (χ1n) is 6.65. The summed E-state index contributed by atoms with van der Waals surface area (Å²) in [4.78, 5) is 15.9. The van der Waals surface area contributed by atoms with Gasteiger partial charge in [-0.15, -0.1) is 5.10 Å². The predicted octanol–water partition coefficient (Wildman–Crippen LogP) is 1.14. The molecule has 8 heteroatoms. The first-order chi connectivity index (χ1) is 10.3. The van der Waals surface area contributed by atoms with Crippen LogP contribution in [0.3, 0.4) is 0 Å². The molecule has 0 bridgehead atoms. The van der Waals surface area contributed by atoms with E-state index in [0.717, 1.165) is 13.0 Å². The maximum atomic E-state index is 11.7. The number of carbonyl (C=O) groups is 1. The number of aryl methyl sites for hydroxylation is 1. The number of aromatic nitrogens is 5. The Hall–Kier alpha value is -2.90. The zero-order valence-corrected chi connectivity index (χ0v) is 11.3. The lowest BCUT2D eigenvalue weighted by atomic mass is 10.4. The number of hydrogen-bond acceptors (Lipinski definition) is 4. The van der Waals surface area contributed by atoms with Gasteiger partial charge in [-0.1, -0.05) is 6.07 Å². The average Bonchev–Trinajstić information content (AvgIpc) is 3.12. The van der Waals surface area contributed by atoms with Crippen molar-refractivity contribution in [1.82, 2.24) is 29.7 Å². The van der Waals surface area contributed by atoms with Crippen LogP contribution in [0.5, 0.6) is 0 Å². The molecule has 3 rings (SSSR count). The van der Waals surface area contributed by atoms with Gasteiger partial charge >= 0.3 is 6.03 Å². The minimum absolute atomic E-state index is 0.283. The van der Waals surface area contributed by atoms with Crippen molar-refractivity contribution in [1.29, 1.82) is 0 Å². The van der Waals surface area contributed by atoms with Gasteiger partial charge in [0.15, 0.2) is 5.65 Å². The van der Waals surface area contributed by atoms with Crippen LogP contribution in [-0.2, 0) is 6.54 Å². The fourth-order valence-electron chi connectivity index (χ4n) is 1.91. The SMILES string of the molecule is O=C(NCCCn1cccn1)Nc1nc2ccccn2n1. The maximum absolute atomic E-state index is 11.7. The molecule has 0 aliphatic rings. The van der Waals surface area contributed by atoms with Gasteiger partial charge in [0.1, 0.15) is 0 Å². The third-order valence-electron chi connectivity index (χ3n) is 2.88. The Morgan fingerprint density at radius 2 is 2.19 bits per heavy atom. The van der Waals surface area contributed by atoms with Crippen molar-refractivity contribution in [3.8, 4) is 0 Å². The van der Waals surface area contributed by atoms with E-state index >= 15 is 0 Å². The molecular formula is C13H15N7O. The number of nitrogens with one attached hydrogen (secondary N) is 2. The minimum atomic E-state index is -0.314. The molecule has 2 N–H and O–H groups in total. The number of pyridine rings is 1. The summed E-state index contributed by atoms with van der Waals surface area (Å²) < 4.78 is 3.43. The van der Waals surface area contributed by atoms with E-state index in [9.17, 15) is 4.79 Å². The molecule has 108 valence electrons. The summed E-state index contributed by atoms with van der Waals surface area (Å²) in [7, 11) is 0. The highest BCUT2D eigenvalue weighted by Crippen LogP contribution is 2.03. The normalized spacial score (nSPS) is 10.7. The van der Waals surface area contributed by atoms with E-state index in [4.69, 9.17) is 0 Å². The summed E-state index contributed by atoms with van der Waals surface area (Å²) >= 11 is 0. The lowest BCUT2D eigenvalue weighted by Crippen LogP contribution is -2.30. The van der Waals surface area contributed by atoms with Crippen LogP contribution >= 0.6 is 0 Å². The topological polar surface area (TPSA) is 89.1 Å². The summed E-state index contributed by atoms with van der Waals surface area (Å²) in [6.45, 7) is 1.32.